The number of carbonyl (C=O) groups excluding carboxylic acids is 1. The number of amides is 1. The molecule has 2 unspecified atom stereocenters. The maximum atomic E-state index is 12.1. The van der Waals surface area contributed by atoms with Crippen LogP contribution in [0.4, 0.5) is 5.69 Å². The predicted octanol–water partition coefficient (Wildman–Crippen LogP) is 1.80. The van der Waals surface area contributed by atoms with E-state index in [9.17, 15) is 14.9 Å². The Hall–Kier alpha value is -2.21. The Morgan fingerprint density at radius 3 is 2.86 bits per heavy atom. The molecule has 2 atom stereocenters. The Morgan fingerprint density at radius 2 is 2.19 bits per heavy atom. The number of para-hydroxylation sites is 1. The van der Waals surface area contributed by atoms with Crippen LogP contribution in [0.25, 0.3) is 6.08 Å². The third kappa shape index (κ3) is 3.66. The number of carbonyl (C=O) groups is 1. The van der Waals surface area contributed by atoms with Crippen molar-refractivity contribution in [2.45, 2.75) is 19.4 Å². The summed E-state index contributed by atoms with van der Waals surface area (Å²) >= 11 is 0. The zero-order valence-corrected chi connectivity index (χ0v) is 11.9. The topological polar surface area (TPSA) is 89.5 Å². The molecule has 1 fully saturated rings. The van der Waals surface area contributed by atoms with Crippen LogP contribution in [0, 0.1) is 16.0 Å². The van der Waals surface area contributed by atoms with Crippen LogP contribution < -0.4 is 5.73 Å². The van der Waals surface area contributed by atoms with Gasteiger partial charge in [-0.1, -0.05) is 19.1 Å². The quantitative estimate of drug-likeness (QED) is 0.522. The van der Waals surface area contributed by atoms with Gasteiger partial charge in [0.15, 0.2) is 0 Å². The third-order valence-corrected chi connectivity index (χ3v) is 3.87. The first-order valence-corrected chi connectivity index (χ1v) is 6.95. The average molecular weight is 289 g/mol. The first-order valence-electron chi connectivity index (χ1n) is 6.95. The molecule has 1 aliphatic heterocycles. The molecule has 1 saturated heterocycles. The number of hydrogen-bond acceptors (Lipinski definition) is 4. The van der Waals surface area contributed by atoms with E-state index >= 15 is 0 Å². The number of nitrogens with zero attached hydrogens (tertiary/aromatic N) is 2. The molecule has 112 valence electrons. The number of nitrogens with two attached hydrogens (primary N) is 1. The van der Waals surface area contributed by atoms with E-state index in [-0.39, 0.29) is 17.6 Å². The fourth-order valence-corrected chi connectivity index (χ4v) is 2.36. The molecule has 0 aliphatic carbocycles. The third-order valence-electron chi connectivity index (χ3n) is 3.87. The second-order valence-corrected chi connectivity index (χ2v) is 5.36. The molecule has 1 amide bonds. The van der Waals surface area contributed by atoms with Crippen LogP contribution in [0.15, 0.2) is 30.3 Å². The van der Waals surface area contributed by atoms with E-state index in [1.165, 1.54) is 18.2 Å². The lowest BCUT2D eigenvalue weighted by Crippen LogP contribution is -2.49. The highest BCUT2D eigenvalue weighted by Gasteiger charge is 2.25. The number of hydrogen-bond donors (Lipinski definition) is 1. The van der Waals surface area contributed by atoms with Crippen molar-refractivity contribution in [1.29, 1.82) is 0 Å². The van der Waals surface area contributed by atoms with Crippen molar-refractivity contribution in [3.05, 3.63) is 46.0 Å². The van der Waals surface area contributed by atoms with Crippen LogP contribution in [0.2, 0.25) is 0 Å². The molecule has 1 aromatic rings. The molecular formula is C15H19N3O3. The number of nitro groups is 1. The van der Waals surface area contributed by atoms with Crippen LogP contribution >= 0.6 is 0 Å². The molecule has 0 radical (unpaired) electrons. The minimum atomic E-state index is -0.456. The number of benzene rings is 1. The Morgan fingerprint density at radius 1 is 1.48 bits per heavy atom. The van der Waals surface area contributed by atoms with Gasteiger partial charge in [0.1, 0.15) is 0 Å². The Labute approximate surface area is 123 Å². The lowest BCUT2D eigenvalue weighted by atomic mass is 9.94. The summed E-state index contributed by atoms with van der Waals surface area (Å²) < 4.78 is 0. The number of rotatable bonds is 3. The van der Waals surface area contributed by atoms with Crippen molar-refractivity contribution in [2.75, 3.05) is 13.1 Å². The Bertz CT molecular complexity index is 571. The normalized spacial score (nSPS) is 22.5. The highest BCUT2D eigenvalue weighted by molar-refractivity contribution is 5.92. The molecule has 0 spiro atoms. The second-order valence-electron chi connectivity index (χ2n) is 5.36. The number of piperidine rings is 1. The molecule has 0 aromatic heterocycles. The molecule has 2 N–H and O–H groups in total. The highest BCUT2D eigenvalue weighted by atomic mass is 16.6. The van der Waals surface area contributed by atoms with Crippen LogP contribution in [-0.4, -0.2) is 34.9 Å². The molecule has 6 heteroatoms. The van der Waals surface area contributed by atoms with Crippen LogP contribution in [0.5, 0.6) is 0 Å². The molecule has 1 heterocycles. The lowest BCUT2D eigenvalue weighted by molar-refractivity contribution is -0.385. The summed E-state index contributed by atoms with van der Waals surface area (Å²) in [5.74, 6) is 0.253. The van der Waals surface area contributed by atoms with Crippen molar-refractivity contribution >= 4 is 17.7 Å². The Balaban J connectivity index is 2.08. The van der Waals surface area contributed by atoms with Gasteiger partial charge in [-0.05, 0) is 24.5 Å². The standard InChI is InChI=1S/C15H19N3O3/c1-11-8-9-17(10-13(11)16)15(19)7-6-12-4-2-3-5-14(12)18(20)21/h2-7,11,13H,8-10,16H2,1H3. The highest BCUT2D eigenvalue weighted by Crippen LogP contribution is 2.20. The fourth-order valence-electron chi connectivity index (χ4n) is 2.36. The van der Waals surface area contributed by atoms with Gasteiger partial charge in [0, 0.05) is 31.3 Å². The zero-order chi connectivity index (χ0) is 15.4. The van der Waals surface area contributed by atoms with Gasteiger partial charge in [0.25, 0.3) is 5.69 Å². The van der Waals surface area contributed by atoms with E-state index in [2.05, 4.69) is 6.92 Å². The van der Waals surface area contributed by atoms with Gasteiger partial charge in [-0.15, -0.1) is 0 Å². The summed E-state index contributed by atoms with van der Waals surface area (Å²) in [4.78, 5) is 24.3. The van der Waals surface area contributed by atoms with Gasteiger partial charge >= 0.3 is 0 Å². The summed E-state index contributed by atoms with van der Waals surface area (Å²) in [6.07, 6.45) is 3.75. The van der Waals surface area contributed by atoms with E-state index in [0.717, 1.165) is 6.42 Å². The molecule has 6 nitrogen and oxygen atoms in total. The van der Waals surface area contributed by atoms with Gasteiger partial charge in [0.2, 0.25) is 5.91 Å². The van der Waals surface area contributed by atoms with E-state index in [4.69, 9.17) is 5.73 Å². The molecule has 1 aromatic carbocycles. The lowest BCUT2D eigenvalue weighted by Gasteiger charge is -2.34. The molecule has 1 aliphatic rings. The SMILES string of the molecule is CC1CCN(C(=O)C=Cc2ccccc2[N+](=O)[O-])CC1N. The van der Waals surface area contributed by atoms with Crippen molar-refractivity contribution in [2.24, 2.45) is 11.7 Å². The first-order chi connectivity index (χ1) is 9.99. The minimum absolute atomic E-state index is 0.00878. The van der Waals surface area contributed by atoms with Gasteiger partial charge < -0.3 is 10.6 Å². The Kier molecular flexibility index (Phi) is 4.70. The largest absolute Gasteiger partial charge is 0.338 e. The van der Waals surface area contributed by atoms with Crippen molar-refractivity contribution < 1.29 is 9.72 Å². The van der Waals surface area contributed by atoms with Crippen molar-refractivity contribution in [3.63, 3.8) is 0 Å². The maximum Gasteiger partial charge on any atom is 0.276 e. The summed E-state index contributed by atoms with van der Waals surface area (Å²) in [5, 5.41) is 10.9. The number of likely N-dealkylation sites (tertiary alicyclic amines) is 1. The van der Waals surface area contributed by atoms with E-state index in [0.29, 0.717) is 24.6 Å². The fraction of sp³-hybridized carbons (Fsp3) is 0.400. The monoisotopic (exact) mass is 289 g/mol. The second kappa shape index (κ2) is 6.49. The predicted molar refractivity (Wildman–Crippen MR) is 80.5 cm³/mol. The molecule has 0 saturated carbocycles. The van der Waals surface area contributed by atoms with Gasteiger partial charge in [-0.25, -0.2) is 0 Å². The van der Waals surface area contributed by atoms with E-state index in [1.54, 1.807) is 23.1 Å². The zero-order valence-electron chi connectivity index (χ0n) is 11.9. The molecule has 0 bridgehead atoms. The summed E-state index contributed by atoms with van der Waals surface area (Å²) in [5.41, 5.74) is 6.38. The van der Waals surface area contributed by atoms with Gasteiger partial charge in [-0.2, -0.15) is 0 Å². The van der Waals surface area contributed by atoms with Crippen LogP contribution in [0.1, 0.15) is 18.9 Å². The smallest absolute Gasteiger partial charge is 0.276 e. The summed E-state index contributed by atoms with van der Waals surface area (Å²) in [7, 11) is 0. The first kappa shape index (κ1) is 15.2. The molecule has 21 heavy (non-hydrogen) atoms. The van der Waals surface area contributed by atoms with Crippen LogP contribution in [-0.2, 0) is 4.79 Å². The number of nitro benzene ring substituents is 1. The van der Waals surface area contributed by atoms with Crippen LogP contribution in [0.3, 0.4) is 0 Å². The molecule has 2 rings (SSSR count). The van der Waals surface area contributed by atoms with Crippen molar-refractivity contribution in [1.82, 2.24) is 4.90 Å². The summed E-state index contributed by atoms with van der Waals surface area (Å²) in [6.45, 7) is 3.28. The summed E-state index contributed by atoms with van der Waals surface area (Å²) in [6, 6.07) is 6.33. The van der Waals surface area contributed by atoms with Gasteiger partial charge in [0.05, 0.1) is 10.5 Å². The van der Waals surface area contributed by atoms with E-state index in [1.807, 2.05) is 0 Å². The average Bonchev–Trinajstić information content (AvgIpc) is 2.47. The minimum Gasteiger partial charge on any atom is -0.338 e. The van der Waals surface area contributed by atoms with E-state index < -0.39 is 4.92 Å². The van der Waals surface area contributed by atoms with Gasteiger partial charge in [-0.3, -0.25) is 14.9 Å². The molecular weight excluding hydrogens is 270 g/mol. The maximum absolute atomic E-state index is 12.1. The van der Waals surface area contributed by atoms with Crippen molar-refractivity contribution in [3.8, 4) is 0 Å².